The van der Waals surface area contributed by atoms with Crippen molar-refractivity contribution < 1.29 is 18.7 Å². The highest BCUT2D eigenvalue weighted by Crippen LogP contribution is 2.30. The Hall–Kier alpha value is -3.89. The number of carbonyl (C=O) groups excluding carboxylic acids is 2. The van der Waals surface area contributed by atoms with Crippen LogP contribution in [-0.4, -0.2) is 50.3 Å². The number of nitrogens with two attached hydrogens (primary N) is 1. The van der Waals surface area contributed by atoms with Gasteiger partial charge in [-0.3, -0.25) is 14.7 Å². The van der Waals surface area contributed by atoms with Crippen molar-refractivity contribution in [2.24, 2.45) is 11.7 Å². The molecule has 11 heteroatoms. The molecule has 1 fully saturated rings. The van der Waals surface area contributed by atoms with E-state index < -0.39 is 29.8 Å². The van der Waals surface area contributed by atoms with Crippen LogP contribution in [0.25, 0.3) is 22.6 Å². The van der Waals surface area contributed by atoms with Gasteiger partial charge in [-0.15, -0.1) is 10.2 Å². The Bertz CT molecular complexity index is 1060. The Balaban J connectivity index is 1.55. The van der Waals surface area contributed by atoms with Crippen LogP contribution in [-0.2, 0) is 9.53 Å². The van der Waals surface area contributed by atoms with Crippen LogP contribution in [0.15, 0.2) is 36.5 Å². The first-order valence-electron chi connectivity index (χ1n) is 8.71. The Labute approximate surface area is 163 Å². The van der Waals surface area contributed by atoms with E-state index in [9.17, 15) is 14.0 Å². The maximum Gasteiger partial charge on any atom is 0.414 e. The van der Waals surface area contributed by atoms with E-state index in [2.05, 4.69) is 25.6 Å². The highest BCUT2D eigenvalue weighted by atomic mass is 19.1. The zero-order valence-corrected chi connectivity index (χ0v) is 15.2. The molecule has 2 atom stereocenters. The first kappa shape index (κ1) is 18.5. The molecule has 3 N–H and O–H groups in total. The van der Waals surface area contributed by atoms with E-state index >= 15 is 0 Å². The van der Waals surface area contributed by atoms with E-state index in [1.165, 1.54) is 17.2 Å². The average molecular weight is 397 g/mol. The highest BCUT2D eigenvalue weighted by molar-refractivity contribution is 5.91. The van der Waals surface area contributed by atoms with E-state index in [1.54, 1.807) is 31.2 Å². The van der Waals surface area contributed by atoms with Crippen molar-refractivity contribution in [1.29, 1.82) is 0 Å². The molecule has 1 aromatic carbocycles. The summed E-state index contributed by atoms with van der Waals surface area (Å²) >= 11 is 0. The monoisotopic (exact) mass is 397 g/mol. The van der Waals surface area contributed by atoms with Crippen LogP contribution in [0.1, 0.15) is 6.92 Å². The lowest BCUT2D eigenvalue weighted by molar-refractivity contribution is -0.123. The average Bonchev–Trinajstić information content (AvgIpc) is 3.37. The number of nitrogens with zero attached hydrogens (tertiary/aromatic N) is 5. The minimum absolute atomic E-state index is 0.114. The summed E-state index contributed by atoms with van der Waals surface area (Å²) < 4.78 is 19.9. The fourth-order valence-corrected chi connectivity index (χ4v) is 3.00. The highest BCUT2D eigenvalue weighted by Gasteiger charge is 2.37. The summed E-state index contributed by atoms with van der Waals surface area (Å²) in [6, 6.07) is 7.73. The van der Waals surface area contributed by atoms with E-state index in [1.807, 2.05) is 0 Å². The number of amides is 2. The molecule has 1 unspecified atom stereocenters. The fourth-order valence-electron chi connectivity index (χ4n) is 3.00. The number of anilines is 1. The maximum absolute atomic E-state index is 14.8. The number of rotatable bonds is 5. The summed E-state index contributed by atoms with van der Waals surface area (Å²) in [6.07, 6.45) is 0.171. The van der Waals surface area contributed by atoms with Gasteiger partial charge in [0.1, 0.15) is 17.6 Å². The van der Waals surface area contributed by atoms with Crippen molar-refractivity contribution in [3.05, 3.63) is 42.3 Å². The minimum atomic E-state index is -0.676. The molecule has 0 saturated carbocycles. The number of benzene rings is 1. The van der Waals surface area contributed by atoms with E-state index in [0.29, 0.717) is 28.3 Å². The number of carbonyl (C=O) groups is 2. The van der Waals surface area contributed by atoms with Crippen LogP contribution in [0.2, 0.25) is 0 Å². The number of pyridine rings is 1. The number of ether oxygens (including phenoxy) is 1. The third-order valence-corrected chi connectivity index (χ3v) is 4.75. The van der Waals surface area contributed by atoms with Gasteiger partial charge in [-0.25, -0.2) is 9.18 Å². The Morgan fingerprint density at radius 3 is 2.83 bits per heavy atom. The molecule has 148 valence electrons. The number of H-pyrrole nitrogens is 1. The summed E-state index contributed by atoms with van der Waals surface area (Å²) in [5, 5.41) is 13.5. The van der Waals surface area contributed by atoms with Crippen molar-refractivity contribution in [2.75, 3.05) is 11.4 Å². The molecule has 0 bridgehead atoms. The van der Waals surface area contributed by atoms with Crippen LogP contribution in [0, 0.1) is 11.7 Å². The SMILES string of the molecule is C[C@H](C(N)=O)C1CN(c2ccc(-c3ccc(-c4nn[nH]n4)nc3)c(F)c2)C(=O)O1. The van der Waals surface area contributed by atoms with Gasteiger partial charge in [-0.05, 0) is 36.4 Å². The van der Waals surface area contributed by atoms with Crippen molar-refractivity contribution in [1.82, 2.24) is 25.6 Å². The van der Waals surface area contributed by atoms with Crippen molar-refractivity contribution >= 4 is 17.7 Å². The number of aromatic nitrogens is 5. The van der Waals surface area contributed by atoms with Crippen LogP contribution >= 0.6 is 0 Å². The molecule has 29 heavy (non-hydrogen) atoms. The van der Waals surface area contributed by atoms with Gasteiger partial charge in [-0.1, -0.05) is 6.07 Å². The normalized spacial score (nSPS) is 17.2. The summed E-state index contributed by atoms with van der Waals surface area (Å²) in [7, 11) is 0. The van der Waals surface area contributed by atoms with Crippen molar-refractivity contribution in [2.45, 2.75) is 13.0 Å². The molecule has 1 saturated heterocycles. The van der Waals surface area contributed by atoms with Crippen LogP contribution in [0.3, 0.4) is 0 Å². The Kier molecular flexibility index (Phi) is 4.63. The smallest absolute Gasteiger partial charge is 0.414 e. The molecule has 1 aliphatic rings. The summed E-state index contributed by atoms with van der Waals surface area (Å²) in [6.45, 7) is 1.70. The number of nitrogens with one attached hydrogen (secondary N) is 1. The number of hydrogen-bond donors (Lipinski definition) is 2. The van der Waals surface area contributed by atoms with E-state index in [0.717, 1.165) is 0 Å². The molecule has 4 rings (SSSR count). The summed E-state index contributed by atoms with van der Waals surface area (Å²) in [4.78, 5) is 28.9. The molecule has 3 heterocycles. The quantitative estimate of drug-likeness (QED) is 0.665. The lowest BCUT2D eigenvalue weighted by atomic mass is 10.0. The molecule has 0 spiro atoms. The minimum Gasteiger partial charge on any atom is -0.443 e. The molecular formula is C18H16FN7O3. The predicted molar refractivity (Wildman–Crippen MR) is 98.8 cm³/mol. The second-order valence-corrected chi connectivity index (χ2v) is 6.56. The molecule has 2 aromatic heterocycles. The predicted octanol–water partition coefficient (Wildman–Crippen LogP) is 1.51. The zero-order valence-electron chi connectivity index (χ0n) is 15.2. The maximum atomic E-state index is 14.8. The lowest BCUT2D eigenvalue weighted by Gasteiger charge is -2.15. The number of halogens is 1. The Morgan fingerprint density at radius 1 is 1.38 bits per heavy atom. The molecule has 3 aromatic rings. The summed E-state index contributed by atoms with van der Waals surface area (Å²) in [5.41, 5.74) is 6.95. The van der Waals surface area contributed by atoms with Crippen molar-refractivity contribution in [3.8, 4) is 22.6 Å². The first-order valence-corrected chi connectivity index (χ1v) is 8.71. The second kappa shape index (κ2) is 7.26. The van der Waals surface area contributed by atoms with Gasteiger partial charge < -0.3 is 10.5 Å². The number of tetrazole rings is 1. The molecule has 0 aliphatic carbocycles. The molecular weight excluding hydrogens is 381 g/mol. The molecule has 10 nitrogen and oxygen atoms in total. The van der Waals surface area contributed by atoms with Gasteiger partial charge in [0, 0.05) is 17.3 Å². The fraction of sp³-hybridized carbons (Fsp3) is 0.222. The second-order valence-electron chi connectivity index (χ2n) is 6.56. The van der Waals surface area contributed by atoms with Crippen molar-refractivity contribution in [3.63, 3.8) is 0 Å². The van der Waals surface area contributed by atoms with Gasteiger partial charge in [0.25, 0.3) is 0 Å². The van der Waals surface area contributed by atoms with Gasteiger partial charge in [0.05, 0.1) is 18.2 Å². The van der Waals surface area contributed by atoms with Gasteiger partial charge in [0.2, 0.25) is 11.7 Å². The number of hydrogen-bond acceptors (Lipinski definition) is 7. The van der Waals surface area contributed by atoms with Gasteiger partial charge in [-0.2, -0.15) is 5.21 Å². The summed E-state index contributed by atoms with van der Waals surface area (Å²) in [5.74, 6) is -1.41. The number of cyclic esters (lactones) is 1. The number of aromatic amines is 1. The van der Waals surface area contributed by atoms with Crippen LogP contribution < -0.4 is 10.6 Å². The molecule has 0 radical (unpaired) electrons. The number of primary amides is 1. The van der Waals surface area contributed by atoms with Crippen LogP contribution in [0.4, 0.5) is 14.9 Å². The third kappa shape index (κ3) is 3.49. The molecule has 2 amide bonds. The largest absolute Gasteiger partial charge is 0.443 e. The first-order chi connectivity index (χ1) is 13.9. The van der Waals surface area contributed by atoms with Crippen LogP contribution in [0.5, 0.6) is 0 Å². The van der Waals surface area contributed by atoms with Gasteiger partial charge in [0.15, 0.2) is 0 Å². The molecule has 1 aliphatic heterocycles. The third-order valence-electron chi connectivity index (χ3n) is 4.75. The standard InChI is InChI=1S/C18H16FN7O3/c1-9(16(20)27)15-8-26(18(28)29-15)11-3-4-12(13(19)6-11)10-2-5-14(21-7-10)17-22-24-25-23-17/h2-7,9,15H,8H2,1H3,(H2,20,27)(H,22,23,24,25)/t9-,15?/m0/s1. The Morgan fingerprint density at radius 2 is 2.21 bits per heavy atom. The van der Waals surface area contributed by atoms with Gasteiger partial charge >= 0.3 is 6.09 Å². The zero-order chi connectivity index (χ0) is 20.5. The lowest BCUT2D eigenvalue weighted by Crippen LogP contribution is -2.34. The van der Waals surface area contributed by atoms with E-state index in [4.69, 9.17) is 10.5 Å². The topological polar surface area (TPSA) is 140 Å². The van der Waals surface area contributed by atoms with E-state index in [-0.39, 0.29) is 6.54 Å².